The van der Waals surface area contributed by atoms with Crippen LogP contribution in [0.2, 0.25) is 0 Å². The molecule has 0 unspecified atom stereocenters. The van der Waals surface area contributed by atoms with Crippen LogP contribution in [0.1, 0.15) is 0 Å². The van der Waals surface area contributed by atoms with E-state index in [4.69, 9.17) is 15.0 Å². The molecule has 0 spiro atoms. The summed E-state index contributed by atoms with van der Waals surface area (Å²) in [6.07, 6.45) is 0. The Morgan fingerprint density at radius 3 is 1.65 bits per heavy atom. The monoisotopic (exact) mass is 743 g/mol. The Bertz CT molecular complexity index is 3220. The molecule has 11 aromatic rings. The topological polar surface area (TPSA) is 38.7 Å². The van der Waals surface area contributed by atoms with Gasteiger partial charge in [0.2, 0.25) is 0 Å². The van der Waals surface area contributed by atoms with Gasteiger partial charge in [-0.05, 0) is 86.3 Å². The van der Waals surface area contributed by atoms with Gasteiger partial charge in [0.05, 0.1) is 27.3 Å². The first-order valence-corrected chi connectivity index (χ1v) is 20.0. The molecule has 0 aliphatic heterocycles. The second-order valence-corrected chi connectivity index (χ2v) is 15.4. The third-order valence-electron chi connectivity index (χ3n) is 10.8. The van der Waals surface area contributed by atoms with Crippen molar-refractivity contribution in [3.05, 3.63) is 200 Å². The van der Waals surface area contributed by atoms with Crippen molar-refractivity contribution in [1.29, 1.82) is 0 Å². The number of thiophene rings is 1. The number of hydrogen-bond acceptors (Lipinski definition) is 4. The zero-order chi connectivity index (χ0) is 37.7. The maximum absolute atomic E-state index is 5.43. The zero-order valence-electron chi connectivity index (χ0n) is 30.8. The fourth-order valence-electron chi connectivity index (χ4n) is 8.10. The summed E-state index contributed by atoms with van der Waals surface area (Å²) in [5.74, 6) is 0.681. The number of aromatic nitrogens is 3. The SMILES string of the molecule is c1ccc(-c2cc(-c3ccccc3)nc(-c3cc(-c4nc(-c5ccccc5)c5sc6ccccc6c5n4)cc(-c4cc5ccccc5c5ccccc45)c3)c2)cc1. The highest BCUT2D eigenvalue weighted by Crippen LogP contribution is 2.42. The van der Waals surface area contributed by atoms with Crippen LogP contribution in [0.3, 0.4) is 0 Å². The van der Waals surface area contributed by atoms with E-state index in [0.29, 0.717) is 5.82 Å². The van der Waals surface area contributed by atoms with Gasteiger partial charge in [-0.1, -0.05) is 158 Å². The predicted octanol–water partition coefficient (Wildman–Crippen LogP) is 14.5. The van der Waals surface area contributed by atoms with E-state index in [1.165, 1.54) is 26.2 Å². The normalized spacial score (nSPS) is 11.5. The summed E-state index contributed by atoms with van der Waals surface area (Å²) in [5.41, 5.74) is 12.3. The molecule has 0 aliphatic rings. The third-order valence-corrected chi connectivity index (χ3v) is 12.0. The largest absolute Gasteiger partial charge is 0.248 e. The highest BCUT2D eigenvalue weighted by molar-refractivity contribution is 7.26. The Balaban J connectivity index is 1.22. The molecule has 3 heterocycles. The molecule has 0 bridgehead atoms. The van der Waals surface area contributed by atoms with Gasteiger partial charge >= 0.3 is 0 Å². The first kappa shape index (κ1) is 33.1. The Morgan fingerprint density at radius 2 is 0.895 bits per heavy atom. The van der Waals surface area contributed by atoms with E-state index in [9.17, 15) is 0 Å². The molecule has 0 saturated carbocycles. The quantitative estimate of drug-likeness (QED) is 0.159. The molecule has 4 heteroatoms. The van der Waals surface area contributed by atoms with Crippen LogP contribution in [0, 0.1) is 0 Å². The maximum atomic E-state index is 5.43. The van der Waals surface area contributed by atoms with Gasteiger partial charge in [-0.25, -0.2) is 15.0 Å². The molecule has 0 N–H and O–H groups in total. The van der Waals surface area contributed by atoms with Gasteiger partial charge < -0.3 is 0 Å². The predicted molar refractivity (Wildman–Crippen MR) is 240 cm³/mol. The van der Waals surface area contributed by atoms with E-state index in [0.717, 1.165) is 77.2 Å². The number of hydrogen-bond donors (Lipinski definition) is 0. The second kappa shape index (κ2) is 13.8. The van der Waals surface area contributed by atoms with Crippen molar-refractivity contribution < 1.29 is 0 Å². The summed E-state index contributed by atoms with van der Waals surface area (Å²) in [4.78, 5) is 16.2. The van der Waals surface area contributed by atoms with Crippen molar-refractivity contribution in [2.45, 2.75) is 0 Å². The molecule has 0 radical (unpaired) electrons. The van der Waals surface area contributed by atoms with Crippen molar-refractivity contribution in [3.8, 4) is 67.4 Å². The van der Waals surface area contributed by atoms with E-state index < -0.39 is 0 Å². The van der Waals surface area contributed by atoms with E-state index in [1.807, 2.05) is 6.07 Å². The van der Waals surface area contributed by atoms with Crippen LogP contribution in [0.4, 0.5) is 0 Å². The first-order valence-electron chi connectivity index (χ1n) is 19.2. The summed E-state index contributed by atoms with van der Waals surface area (Å²) >= 11 is 1.75. The van der Waals surface area contributed by atoms with Gasteiger partial charge in [-0.2, -0.15) is 0 Å². The van der Waals surface area contributed by atoms with Crippen LogP contribution in [0.15, 0.2) is 200 Å². The third kappa shape index (κ3) is 5.95. The lowest BCUT2D eigenvalue weighted by atomic mass is 9.90. The molecule has 0 amide bonds. The molecule has 0 fully saturated rings. The van der Waals surface area contributed by atoms with Crippen LogP contribution >= 0.6 is 11.3 Å². The maximum Gasteiger partial charge on any atom is 0.160 e. The molecule has 8 aromatic carbocycles. The summed E-state index contributed by atoms with van der Waals surface area (Å²) in [6.45, 7) is 0. The highest BCUT2D eigenvalue weighted by Gasteiger charge is 2.19. The Kier molecular flexibility index (Phi) is 8.01. The molecule has 57 heavy (non-hydrogen) atoms. The number of nitrogens with zero attached hydrogens (tertiary/aromatic N) is 3. The molecule has 3 nitrogen and oxygen atoms in total. The van der Waals surface area contributed by atoms with Crippen LogP contribution in [0.5, 0.6) is 0 Å². The summed E-state index contributed by atoms with van der Waals surface area (Å²) in [5, 5.41) is 5.99. The van der Waals surface area contributed by atoms with Crippen molar-refractivity contribution in [2.24, 2.45) is 0 Å². The number of rotatable bonds is 6. The van der Waals surface area contributed by atoms with Gasteiger partial charge in [0.1, 0.15) is 0 Å². The van der Waals surface area contributed by atoms with Crippen LogP contribution in [-0.4, -0.2) is 15.0 Å². The lowest BCUT2D eigenvalue weighted by Crippen LogP contribution is -1.96. The molecule has 266 valence electrons. The van der Waals surface area contributed by atoms with Gasteiger partial charge in [0.15, 0.2) is 5.82 Å². The van der Waals surface area contributed by atoms with Gasteiger partial charge in [0, 0.05) is 32.3 Å². The Morgan fingerprint density at radius 1 is 0.333 bits per heavy atom. The van der Waals surface area contributed by atoms with Gasteiger partial charge in [-0.15, -0.1) is 11.3 Å². The fourth-order valence-corrected chi connectivity index (χ4v) is 9.25. The zero-order valence-corrected chi connectivity index (χ0v) is 31.6. The second-order valence-electron chi connectivity index (χ2n) is 14.4. The average molecular weight is 744 g/mol. The van der Waals surface area contributed by atoms with E-state index >= 15 is 0 Å². The summed E-state index contributed by atoms with van der Waals surface area (Å²) < 4.78 is 2.29. The average Bonchev–Trinajstić information content (AvgIpc) is 3.68. The molecule has 0 saturated heterocycles. The molecule has 3 aromatic heterocycles. The van der Waals surface area contributed by atoms with Crippen molar-refractivity contribution in [2.75, 3.05) is 0 Å². The van der Waals surface area contributed by atoms with Crippen LogP contribution in [0.25, 0.3) is 109 Å². The minimum Gasteiger partial charge on any atom is -0.248 e. The van der Waals surface area contributed by atoms with Crippen molar-refractivity contribution in [3.63, 3.8) is 0 Å². The van der Waals surface area contributed by atoms with Crippen LogP contribution in [-0.2, 0) is 0 Å². The van der Waals surface area contributed by atoms with Gasteiger partial charge in [0.25, 0.3) is 0 Å². The number of pyridine rings is 1. The lowest BCUT2D eigenvalue weighted by molar-refractivity contribution is 1.24. The molecule has 0 aliphatic carbocycles. The molecular formula is C53H33N3S. The Hall–Kier alpha value is -7.27. The van der Waals surface area contributed by atoms with E-state index in [1.54, 1.807) is 11.3 Å². The number of benzene rings is 8. The number of fused-ring (bicyclic) bond motifs is 6. The minimum atomic E-state index is 0.681. The van der Waals surface area contributed by atoms with Crippen molar-refractivity contribution >= 4 is 53.2 Å². The summed E-state index contributed by atoms with van der Waals surface area (Å²) in [7, 11) is 0. The standard InChI is InChI=1S/C53H33N3S/c1-4-16-34(17-5-1)38-32-47(35-18-6-2-7-19-35)54-48(33-38)40-28-39(46-31-37-22-10-11-23-42(37)43-24-12-13-25-44(43)46)29-41(30-40)53-55-50(36-20-8-3-9-21-36)52-51(56-53)45-26-14-15-27-49(45)57-52/h1-33H. The minimum absolute atomic E-state index is 0.681. The van der Waals surface area contributed by atoms with E-state index in [-0.39, 0.29) is 0 Å². The summed E-state index contributed by atoms with van der Waals surface area (Å²) in [6, 6.07) is 71.0. The Labute approximate surface area is 334 Å². The highest BCUT2D eigenvalue weighted by atomic mass is 32.1. The molecular weight excluding hydrogens is 711 g/mol. The molecule has 11 rings (SSSR count). The van der Waals surface area contributed by atoms with Crippen molar-refractivity contribution in [1.82, 2.24) is 15.0 Å². The van der Waals surface area contributed by atoms with Crippen LogP contribution < -0.4 is 0 Å². The fraction of sp³-hybridized carbons (Fsp3) is 0. The smallest absolute Gasteiger partial charge is 0.160 e. The van der Waals surface area contributed by atoms with Gasteiger partial charge in [-0.3, -0.25) is 0 Å². The molecule has 0 atom stereocenters. The van der Waals surface area contributed by atoms with E-state index in [2.05, 4.69) is 194 Å². The lowest BCUT2D eigenvalue weighted by Gasteiger charge is -2.16. The first-order chi connectivity index (χ1) is 28.2.